The molecule has 6 nitrogen and oxygen atoms in total. The van der Waals surface area contributed by atoms with Crippen LogP contribution < -0.4 is 10.5 Å². The van der Waals surface area contributed by atoms with Crippen LogP contribution in [0.3, 0.4) is 0 Å². The molecule has 7 heteroatoms. The highest BCUT2D eigenvalue weighted by molar-refractivity contribution is 9.10. The second kappa shape index (κ2) is 7.86. The fourth-order valence-corrected chi connectivity index (χ4v) is 4.91. The maximum Gasteiger partial charge on any atom is 0.270 e. The zero-order valence-electron chi connectivity index (χ0n) is 17.1. The van der Waals surface area contributed by atoms with Crippen molar-refractivity contribution in [2.45, 2.75) is 25.2 Å². The van der Waals surface area contributed by atoms with Crippen molar-refractivity contribution in [3.05, 3.63) is 68.7 Å². The van der Waals surface area contributed by atoms with Gasteiger partial charge in [0.15, 0.2) is 11.5 Å². The van der Waals surface area contributed by atoms with Crippen LogP contribution >= 0.6 is 15.9 Å². The Morgan fingerprint density at radius 3 is 2.84 bits per heavy atom. The highest BCUT2D eigenvalue weighted by atomic mass is 79.9. The lowest BCUT2D eigenvalue weighted by atomic mass is 10.0. The van der Waals surface area contributed by atoms with E-state index in [2.05, 4.69) is 26.9 Å². The van der Waals surface area contributed by atoms with Gasteiger partial charge in [-0.1, -0.05) is 28.1 Å². The predicted molar refractivity (Wildman–Crippen MR) is 124 cm³/mol. The zero-order chi connectivity index (χ0) is 21.5. The normalized spacial score (nSPS) is 17.1. The Bertz CT molecular complexity index is 1370. The van der Waals surface area contributed by atoms with E-state index in [4.69, 9.17) is 9.40 Å². The second-order valence-corrected chi connectivity index (χ2v) is 8.91. The van der Waals surface area contributed by atoms with Gasteiger partial charge in [0.2, 0.25) is 0 Å². The number of rotatable bonds is 2. The molecule has 0 amide bonds. The average Bonchev–Trinajstić information content (AvgIpc) is 3.06. The Morgan fingerprint density at radius 1 is 1.19 bits per heavy atom. The van der Waals surface area contributed by atoms with Crippen LogP contribution in [0.1, 0.15) is 36.6 Å². The summed E-state index contributed by atoms with van der Waals surface area (Å²) in [6.07, 6.45) is 2.74. The van der Waals surface area contributed by atoms with Crippen molar-refractivity contribution in [2.24, 2.45) is 7.05 Å². The quantitative estimate of drug-likeness (QED) is 0.402. The van der Waals surface area contributed by atoms with Crippen LogP contribution in [0.4, 0.5) is 5.69 Å². The molecule has 0 unspecified atom stereocenters. The molecule has 31 heavy (non-hydrogen) atoms. The van der Waals surface area contributed by atoms with Gasteiger partial charge in [0.25, 0.3) is 5.56 Å². The monoisotopic (exact) mass is 476 g/mol. The highest BCUT2D eigenvalue weighted by Crippen LogP contribution is 2.35. The molecule has 1 fully saturated rings. The first kappa shape index (κ1) is 19.8. The number of hydrogen-bond acceptors (Lipinski definition) is 5. The SMILES string of the molecule is Cn1c(=O)c(C#N)c(N2CCC[C@H](c3nc4ccccc4o3)CC2)c2ccc(Br)cc21. The largest absolute Gasteiger partial charge is 0.440 e. The maximum atomic E-state index is 12.9. The smallest absolute Gasteiger partial charge is 0.270 e. The Balaban J connectivity index is 1.53. The van der Waals surface area contributed by atoms with E-state index in [9.17, 15) is 10.1 Å². The number of nitrogens with zero attached hydrogens (tertiary/aromatic N) is 4. The van der Waals surface area contributed by atoms with Gasteiger partial charge >= 0.3 is 0 Å². The minimum atomic E-state index is -0.261. The molecule has 1 atom stereocenters. The van der Waals surface area contributed by atoms with Gasteiger partial charge in [-0.15, -0.1) is 0 Å². The molecule has 156 valence electrons. The van der Waals surface area contributed by atoms with E-state index < -0.39 is 0 Å². The van der Waals surface area contributed by atoms with Crippen molar-refractivity contribution in [3.63, 3.8) is 0 Å². The summed E-state index contributed by atoms with van der Waals surface area (Å²) in [5, 5.41) is 10.7. The molecule has 0 saturated carbocycles. The number of oxazole rings is 1. The summed E-state index contributed by atoms with van der Waals surface area (Å²) in [6, 6.07) is 15.9. The van der Waals surface area contributed by atoms with E-state index in [1.54, 1.807) is 11.6 Å². The van der Waals surface area contributed by atoms with E-state index in [0.29, 0.717) is 0 Å². The van der Waals surface area contributed by atoms with Crippen molar-refractivity contribution in [2.75, 3.05) is 18.0 Å². The summed E-state index contributed by atoms with van der Waals surface area (Å²) in [5.74, 6) is 0.996. The molecule has 2 aromatic heterocycles. The average molecular weight is 477 g/mol. The molecule has 1 saturated heterocycles. The second-order valence-electron chi connectivity index (χ2n) is 8.00. The fourth-order valence-electron chi connectivity index (χ4n) is 4.56. The van der Waals surface area contributed by atoms with Crippen molar-refractivity contribution >= 4 is 43.6 Å². The topological polar surface area (TPSA) is 75.1 Å². The van der Waals surface area contributed by atoms with Gasteiger partial charge in [-0.25, -0.2) is 4.98 Å². The number of halogens is 1. The van der Waals surface area contributed by atoms with Gasteiger partial charge in [-0.05, 0) is 49.6 Å². The van der Waals surface area contributed by atoms with E-state index in [-0.39, 0.29) is 17.0 Å². The summed E-state index contributed by atoms with van der Waals surface area (Å²) >= 11 is 3.50. The molecule has 2 aromatic carbocycles. The maximum absolute atomic E-state index is 12.9. The summed E-state index contributed by atoms with van der Waals surface area (Å²) in [4.78, 5) is 19.8. The number of aryl methyl sites for hydroxylation is 1. The first-order valence-electron chi connectivity index (χ1n) is 10.4. The lowest BCUT2D eigenvalue weighted by molar-refractivity contribution is 0.445. The molecule has 0 bridgehead atoms. The number of nitriles is 1. The molecule has 0 aliphatic carbocycles. The summed E-state index contributed by atoms with van der Waals surface area (Å²) in [5.41, 5.74) is 3.20. The molecule has 3 heterocycles. The standard InChI is InChI=1S/C24H21BrN4O2/c1-28-20-13-16(25)8-9-17(20)22(18(14-26)24(28)30)29-11-4-5-15(10-12-29)23-27-19-6-2-3-7-21(19)31-23/h2-3,6-9,13,15H,4-5,10-12H2,1H3/t15-/m0/s1. The van der Waals surface area contributed by atoms with Gasteiger partial charge in [0.05, 0.1) is 11.2 Å². The Kier molecular flexibility index (Phi) is 5.03. The number of pyridine rings is 1. The molecule has 0 radical (unpaired) electrons. The third kappa shape index (κ3) is 3.41. The summed E-state index contributed by atoms with van der Waals surface area (Å²) in [7, 11) is 1.72. The van der Waals surface area contributed by atoms with Crippen molar-refractivity contribution in [1.29, 1.82) is 5.26 Å². The number of aromatic nitrogens is 2. The first-order chi connectivity index (χ1) is 15.1. The van der Waals surface area contributed by atoms with Crippen molar-refractivity contribution in [1.82, 2.24) is 9.55 Å². The van der Waals surface area contributed by atoms with Crippen molar-refractivity contribution < 1.29 is 4.42 Å². The molecule has 1 aliphatic rings. The van der Waals surface area contributed by atoms with Gasteiger partial charge < -0.3 is 13.9 Å². The minimum absolute atomic E-state index is 0.206. The van der Waals surface area contributed by atoms with Gasteiger partial charge in [-0.2, -0.15) is 5.26 Å². The number of hydrogen-bond donors (Lipinski definition) is 0. The van der Waals surface area contributed by atoms with E-state index >= 15 is 0 Å². The molecule has 1 aliphatic heterocycles. The third-order valence-corrected chi connectivity index (χ3v) is 6.64. The van der Waals surface area contributed by atoms with Crippen LogP contribution in [-0.4, -0.2) is 22.6 Å². The third-order valence-electron chi connectivity index (χ3n) is 6.15. The molecular weight excluding hydrogens is 456 g/mol. The van der Waals surface area contributed by atoms with Gasteiger partial charge in [0, 0.05) is 35.9 Å². The molecule has 4 aromatic rings. The zero-order valence-corrected chi connectivity index (χ0v) is 18.7. The van der Waals surface area contributed by atoms with Crippen LogP contribution in [0.15, 0.2) is 56.1 Å². The predicted octanol–water partition coefficient (Wildman–Crippen LogP) is 5.09. The number of anilines is 1. The van der Waals surface area contributed by atoms with E-state index in [0.717, 1.165) is 70.4 Å². The fraction of sp³-hybridized carbons (Fsp3) is 0.292. The lowest BCUT2D eigenvalue weighted by Crippen LogP contribution is -2.30. The molecule has 0 N–H and O–H groups in total. The van der Waals surface area contributed by atoms with Gasteiger partial charge in [0.1, 0.15) is 17.1 Å². The van der Waals surface area contributed by atoms with Crippen LogP contribution in [0.5, 0.6) is 0 Å². The van der Waals surface area contributed by atoms with Crippen LogP contribution in [0.25, 0.3) is 22.0 Å². The Morgan fingerprint density at radius 2 is 2.03 bits per heavy atom. The van der Waals surface area contributed by atoms with Crippen LogP contribution in [0.2, 0.25) is 0 Å². The van der Waals surface area contributed by atoms with Gasteiger partial charge in [-0.3, -0.25) is 4.79 Å². The minimum Gasteiger partial charge on any atom is -0.440 e. The summed E-state index contributed by atoms with van der Waals surface area (Å²) < 4.78 is 8.48. The summed E-state index contributed by atoms with van der Waals surface area (Å²) in [6.45, 7) is 1.51. The van der Waals surface area contributed by atoms with Crippen LogP contribution in [0, 0.1) is 11.3 Å². The Hall–Kier alpha value is -3.11. The molecular formula is C24H21BrN4O2. The number of para-hydroxylation sites is 2. The molecule has 5 rings (SSSR count). The van der Waals surface area contributed by atoms with E-state index in [1.807, 2.05) is 42.5 Å². The first-order valence-corrected chi connectivity index (χ1v) is 11.2. The van der Waals surface area contributed by atoms with Crippen molar-refractivity contribution in [3.8, 4) is 6.07 Å². The highest BCUT2D eigenvalue weighted by Gasteiger charge is 2.26. The number of fused-ring (bicyclic) bond motifs is 2. The Labute approximate surface area is 187 Å². The molecule has 0 spiro atoms. The van der Waals surface area contributed by atoms with Crippen LogP contribution in [-0.2, 0) is 7.05 Å². The number of benzene rings is 2. The lowest BCUT2D eigenvalue weighted by Gasteiger charge is -2.26. The van der Waals surface area contributed by atoms with E-state index in [1.165, 1.54) is 0 Å².